The highest BCUT2D eigenvalue weighted by Crippen LogP contribution is 2.38. The van der Waals surface area contributed by atoms with Crippen molar-refractivity contribution in [1.82, 2.24) is 5.32 Å². The Morgan fingerprint density at radius 1 is 1.41 bits per heavy atom. The van der Waals surface area contributed by atoms with Crippen LogP contribution in [-0.4, -0.2) is 22.2 Å². The zero-order chi connectivity index (χ0) is 12.4. The summed E-state index contributed by atoms with van der Waals surface area (Å²) in [5.41, 5.74) is 0.629. The van der Waals surface area contributed by atoms with Crippen LogP contribution in [0.15, 0.2) is 29.3 Å². The van der Waals surface area contributed by atoms with Crippen LogP contribution in [0, 0.1) is 0 Å². The van der Waals surface area contributed by atoms with E-state index in [2.05, 4.69) is 10.3 Å². The number of carbonyl (C=O) groups excluding carboxylic acids is 1. The quantitative estimate of drug-likeness (QED) is 0.844. The molecule has 4 nitrogen and oxygen atoms in total. The highest BCUT2D eigenvalue weighted by Gasteiger charge is 2.33. The van der Waals surface area contributed by atoms with Gasteiger partial charge in [-0.05, 0) is 19.9 Å². The van der Waals surface area contributed by atoms with Crippen molar-refractivity contribution in [3.8, 4) is 5.75 Å². The molecule has 1 heterocycles. The summed E-state index contributed by atoms with van der Waals surface area (Å²) < 4.78 is 0. The molecule has 1 aromatic carbocycles. The first kappa shape index (κ1) is 12.0. The fraction of sp³-hybridized carbons (Fsp3) is 0.333. The summed E-state index contributed by atoms with van der Waals surface area (Å²) in [6.07, 6.45) is 0. The molecule has 2 N–H and O–H groups in total. The number of para-hydroxylation sites is 1. The van der Waals surface area contributed by atoms with Gasteiger partial charge >= 0.3 is 0 Å². The first-order valence-corrected chi connectivity index (χ1v) is 6.29. The number of hydrogen-bond acceptors (Lipinski definition) is 4. The number of aromatic hydroxyl groups is 1. The molecule has 0 saturated carbocycles. The zero-order valence-electron chi connectivity index (χ0n) is 9.68. The molecular formula is C12H14N2O2S. The molecule has 1 fully saturated rings. The third-order valence-corrected chi connectivity index (χ3v) is 3.43. The van der Waals surface area contributed by atoms with Crippen LogP contribution in [-0.2, 0) is 4.79 Å². The first-order chi connectivity index (χ1) is 8.08. The number of nitrogens with one attached hydrogen (secondary N) is 1. The molecule has 1 aromatic rings. The summed E-state index contributed by atoms with van der Waals surface area (Å²) in [7, 11) is 0. The Labute approximate surface area is 104 Å². The molecule has 5 heteroatoms. The Morgan fingerprint density at radius 2 is 2.12 bits per heavy atom. The molecular weight excluding hydrogens is 236 g/mol. The summed E-state index contributed by atoms with van der Waals surface area (Å²) in [4.78, 5) is 16.1. The number of benzene rings is 1. The van der Waals surface area contributed by atoms with Crippen LogP contribution < -0.4 is 5.32 Å². The monoisotopic (exact) mass is 250 g/mol. The summed E-state index contributed by atoms with van der Waals surface area (Å²) in [6, 6.07) is 7.02. The van der Waals surface area contributed by atoms with E-state index in [-0.39, 0.29) is 17.7 Å². The van der Waals surface area contributed by atoms with E-state index in [1.54, 1.807) is 24.3 Å². The van der Waals surface area contributed by atoms with E-state index in [0.29, 0.717) is 10.7 Å². The van der Waals surface area contributed by atoms with Crippen molar-refractivity contribution in [2.24, 2.45) is 4.99 Å². The average Bonchev–Trinajstić information content (AvgIpc) is 2.59. The smallest absolute Gasteiger partial charge is 0.244 e. The largest absolute Gasteiger partial charge is 0.508 e. The van der Waals surface area contributed by atoms with Gasteiger partial charge in [0, 0.05) is 11.6 Å². The fourth-order valence-corrected chi connectivity index (χ4v) is 2.72. The van der Waals surface area contributed by atoms with Gasteiger partial charge in [-0.25, -0.2) is 0 Å². The fourth-order valence-electron chi connectivity index (χ4n) is 1.58. The van der Waals surface area contributed by atoms with Crippen molar-refractivity contribution < 1.29 is 9.90 Å². The molecule has 0 radical (unpaired) electrons. The Hall–Kier alpha value is -1.49. The van der Waals surface area contributed by atoms with Gasteiger partial charge in [-0.1, -0.05) is 30.0 Å². The maximum atomic E-state index is 11.8. The molecule has 0 unspecified atom stereocenters. The Balaban J connectivity index is 2.25. The second-order valence-corrected chi connectivity index (χ2v) is 5.17. The number of amidine groups is 1. The highest BCUT2D eigenvalue weighted by atomic mass is 32.2. The lowest BCUT2D eigenvalue weighted by atomic mass is 10.1. The minimum absolute atomic E-state index is 0.129. The number of aliphatic imine (C=N–C) groups is 1. The van der Waals surface area contributed by atoms with Crippen molar-refractivity contribution in [1.29, 1.82) is 0 Å². The number of hydrogen-bond donors (Lipinski definition) is 2. The minimum Gasteiger partial charge on any atom is -0.508 e. The van der Waals surface area contributed by atoms with Crippen molar-refractivity contribution in [3.63, 3.8) is 0 Å². The lowest BCUT2D eigenvalue weighted by molar-refractivity contribution is -0.118. The normalized spacial score (nSPS) is 22.2. The number of phenols is 1. The van der Waals surface area contributed by atoms with Crippen LogP contribution in [0.3, 0.4) is 0 Å². The molecule has 17 heavy (non-hydrogen) atoms. The van der Waals surface area contributed by atoms with Gasteiger partial charge in [0.15, 0.2) is 5.17 Å². The van der Waals surface area contributed by atoms with Crippen molar-refractivity contribution in [3.05, 3.63) is 29.8 Å². The number of amides is 1. The third-order valence-electron chi connectivity index (χ3n) is 2.29. The van der Waals surface area contributed by atoms with Gasteiger partial charge in [0.2, 0.25) is 5.91 Å². The Morgan fingerprint density at radius 3 is 2.76 bits per heavy atom. The second-order valence-electron chi connectivity index (χ2n) is 4.07. The third kappa shape index (κ3) is 2.61. The zero-order valence-corrected chi connectivity index (χ0v) is 10.5. The number of rotatable bonds is 2. The number of thioether (sulfide) groups is 1. The van der Waals surface area contributed by atoms with Crippen molar-refractivity contribution in [2.45, 2.75) is 25.1 Å². The Bertz CT molecular complexity index is 471. The summed E-state index contributed by atoms with van der Waals surface area (Å²) in [6.45, 7) is 3.90. The predicted octanol–water partition coefficient (Wildman–Crippen LogP) is 2.06. The van der Waals surface area contributed by atoms with Crippen molar-refractivity contribution >= 4 is 22.8 Å². The summed E-state index contributed by atoms with van der Waals surface area (Å²) in [5.74, 6) is 0.0156. The molecule has 2 rings (SSSR count). The number of nitrogens with zero attached hydrogens (tertiary/aromatic N) is 1. The van der Waals surface area contributed by atoms with Gasteiger partial charge in [0.25, 0.3) is 0 Å². The van der Waals surface area contributed by atoms with E-state index in [1.165, 1.54) is 11.8 Å². The number of phenolic OH excluding ortho intramolecular Hbond substituents is 1. The van der Waals surface area contributed by atoms with Gasteiger partial charge in [-0.15, -0.1) is 0 Å². The predicted molar refractivity (Wildman–Crippen MR) is 69.2 cm³/mol. The lowest BCUT2D eigenvalue weighted by Gasteiger charge is -2.07. The van der Waals surface area contributed by atoms with Gasteiger partial charge in [-0.3, -0.25) is 9.79 Å². The SMILES string of the molecule is CC(C)N=C1NC(=O)[C@H](c2ccccc2O)S1. The van der Waals surface area contributed by atoms with Gasteiger partial charge in [-0.2, -0.15) is 0 Å². The van der Waals surface area contributed by atoms with E-state index in [4.69, 9.17) is 0 Å². The minimum atomic E-state index is -0.409. The average molecular weight is 250 g/mol. The standard InChI is InChI=1S/C12H14N2O2S/c1-7(2)13-12-14-11(16)10(17-12)8-5-3-4-6-9(8)15/h3-7,10,15H,1-2H3,(H,13,14,16)/t10-/m0/s1. The molecule has 90 valence electrons. The molecule has 1 aliphatic rings. The van der Waals surface area contributed by atoms with Gasteiger partial charge in [0.05, 0.1) is 0 Å². The van der Waals surface area contributed by atoms with E-state index in [0.717, 1.165) is 0 Å². The van der Waals surface area contributed by atoms with Crippen LogP contribution >= 0.6 is 11.8 Å². The molecule has 1 atom stereocenters. The summed E-state index contributed by atoms with van der Waals surface area (Å²) in [5, 5.41) is 12.7. The molecule has 0 bridgehead atoms. The lowest BCUT2D eigenvalue weighted by Crippen LogP contribution is -2.22. The van der Waals surface area contributed by atoms with Crippen LogP contribution in [0.5, 0.6) is 5.75 Å². The second kappa shape index (κ2) is 4.79. The van der Waals surface area contributed by atoms with Gasteiger partial charge < -0.3 is 10.4 Å². The molecule has 1 aliphatic heterocycles. The van der Waals surface area contributed by atoms with E-state index >= 15 is 0 Å². The van der Waals surface area contributed by atoms with Gasteiger partial charge in [0.1, 0.15) is 11.0 Å². The van der Waals surface area contributed by atoms with Crippen LogP contribution in [0.25, 0.3) is 0 Å². The molecule has 1 saturated heterocycles. The topological polar surface area (TPSA) is 61.7 Å². The Kier molecular flexibility index (Phi) is 3.38. The van der Waals surface area contributed by atoms with Crippen molar-refractivity contribution in [2.75, 3.05) is 0 Å². The molecule has 0 spiro atoms. The number of carbonyl (C=O) groups is 1. The van der Waals surface area contributed by atoms with E-state index < -0.39 is 5.25 Å². The van der Waals surface area contributed by atoms with E-state index in [9.17, 15) is 9.90 Å². The molecule has 1 amide bonds. The maximum Gasteiger partial charge on any atom is 0.244 e. The molecule has 0 aliphatic carbocycles. The molecule has 0 aromatic heterocycles. The maximum absolute atomic E-state index is 11.8. The van der Waals surface area contributed by atoms with E-state index in [1.807, 2.05) is 13.8 Å². The summed E-state index contributed by atoms with van der Waals surface area (Å²) >= 11 is 1.34. The highest BCUT2D eigenvalue weighted by molar-refractivity contribution is 8.15. The van der Waals surface area contributed by atoms with Crippen LogP contribution in [0.1, 0.15) is 24.7 Å². The van der Waals surface area contributed by atoms with Crippen LogP contribution in [0.4, 0.5) is 0 Å². The first-order valence-electron chi connectivity index (χ1n) is 5.41. The van der Waals surface area contributed by atoms with Crippen LogP contribution in [0.2, 0.25) is 0 Å².